The SMILES string of the molecule is CC(C)n1[c-]c(-c2[c-][n+](C(C)C)nn2C)nn1.[Ir].[c-]1ccccc1N1C=CN(CCCCN2C=CN(c3[c-]cccc3)[CH-]2)[CH-]1. The first-order chi connectivity index (χ1) is 20.9. The predicted molar refractivity (Wildman–Crippen MR) is 166 cm³/mol. The van der Waals surface area contributed by atoms with E-state index in [1.165, 1.54) is 0 Å². The summed E-state index contributed by atoms with van der Waals surface area (Å²) in [6.45, 7) is 14.5. The fourth-order valence-corrected chi connectivity index (χ4v) is 4.43. The van der Waals surface area contributed by atoms with Gasteiger partial charge < -0.3 is 24.3 Å². The minimum Gasteiger partial charge on any atom is -0.508 e. The fraction of sp³-hybridized carbons (Fsp3) is 0.333. The first kappa shape index (κ1) is 33.0. The van der Waals surface area contributed by atoms with E-state index in [1.54, 1.807) is 14.0 Å². The van der Waals surface area contributed by atoms with Crippen LogP contribution in [0.2, 0.25) is 0 Å². The predicted octanol–water partition coefficient (Wildman–Crippen LogP) is 4.92. The molecule has 0 amide bonds. The van der Waals surface area contributed by atoms with Gasteiger partial charge in [-0.3, -0.25) is 5.10 Å². The van der Waals surface area contributed by atoms with Crippen LogP contribution in [-0.2, 0) is 27.2 Å². The summed E-state index contributed by atoms with van der Waals surface area (Å²) < 4.78 is 5.22. The standard InChI is InChI=1S/C22H22N4.C11H17N6.Ir/c1-3-9-21(10-4-1)25-17-15-23(19-25)13-7-8-14-24-16-18-26(20-24)22-11-5-2-6-12-22;1-8(2)16-6-10(12-13-16)11-7-17(9(3)4)14-15(11)5;/h1-6,9,11,15-20H,7-8,13-14H2;8-9H,1-5H3;/q-4;-1;. The van der Waals surface area contributed by atoms with Gasteiger partial charge in [0.15, 0.2) is 0 Å². The molecule has 10 nitrogen and oxygen atoms in total. The van der Waals surface area contributed by atoms with Crippen LogP contribution < -0.4 is 14.5 Å². The van der Waals surface area contributed by atoms with Crippen LogP contribution in [0.3, 0.4) is 0 Å². The maximum Gasteiger partial charge on any atom is 0.0961 e. The second kappa shape index (κ2) is 15.7. The number of aromatic nitrogens is 6. The monoisotopic (exact) mass is 768 g/mol. The average Bonchev–Trinajstić information content (AvgIpc) is 3.83. The maximum atomic E-state index is 4.32. The zero-order valence-corrected chi connectivity index (χ0v) is 28.3. The van der Waals surface area contributed by atoms with E-state index in [4.69, 9.17) is 0 Å². The number of hydrogen-bond donors (Lipinski definition) is 0. The molecule has 0 atom stereocenters. The molecule has 1 radical (unpaired) electrons. The number of benzene rings is 2. The molecule has 0 aliphatic carbocycles. The Hall–Kier alpha value is -3.95. The molecule has 6 rings (SSSR count). The maximum absolute atomic E-state index is 4.32. The molecule has 0 saturated heterocycles. The van der Waals surface area contributed by atoms with Crippen molar-refractivity contribution in [3.63, 3.8) is 0 Å². The molecule has 0 saturated carbocycles. The zero-order valence-electron chi connectivity index (χ0n) is 25.9. The third kappa shape index (κ3) is 8.57. The number of para-hydroxylation sites is 2. The summed E-state index contributed by atoms with van der Waals surface area (Å²) in [7, 11) is 1.87. The molecule has 2 aromatic heterocycles. The van der Waals surface area contributed by atoms with Gasteiger partial charge in [-0.25, -0.2) is 15.6 Å². The van der Waals surface area contributed by atoms with Crippen LogP contribution in [0.5, 0.6) is 0 Å². The quantitative estimate of drug-likeness (QED) is 0.129. The summed E-state index contributed by atoms with van der Waals surface area (Å²) >= 11 is 0. The van der Waals surface area contributed by atoms with E-state index in [1.807, 2.05) is 57.3 Å². The molecular weight excluding hydrogens is 729 g/mol. The summed E-state index contributed by atoms with van der Waals surface area (Å²) in [5.74, 6) is 0. The topological polar surface area (TPSA) is 65.4 Å². The van der Waals surface area contributed by atoms with Crippen LogP contribution in [0.15, 0.2) is 73.3 Å². The summed E-state index contributed by atoms with van der Waals surface area (Å²) in [6, 6.07) is 23.1. The van der Waals surface area contributed by atoms with Crippen molar-refractivity contribution in [3.8, 4) is 11.4 Å². The Kier molecular flexibility index (Phi) is 11.7. The molecule has 2 aliphatic rings. The van der Waals surface area contributed by atoms with E-state index >= 15 is 0 Å². The summed E-state index contributed by atoms with van der Waals surface area (Å²) in [6.07, 6.45) is 17.0. The van der Waals surface area contributed by atoms with Crippen LogP contribution in [0.25, 0.3) is 11.4 Å². The zero-order chi connectivity index (χ0) is 30.2. The molecule has 0 N–H and O–H groups in total. The number of unbranched alkanes of at least 4 members (excludes halogenated alkanes) is 1. The molecule has 44 heavy (non-hydrogen) atoms. The molecule has 2 aromatic carbocycles. The molecule has 0 spiro atoms. The number of nitrogens with zero attached hydrogens (tertiary/aromatic N) is 10. The van der Waals surface area contributed by atoms with E-state index in [9.17, 15) is 0 Å². The van der Waals surface area contributed by atoms with Crippen molar-refractivity contribution in [1.29, 1.82) is 0 Å². The molecule has 2 aliphatic heterocycles. The molecular formula is C33H39IrN10-5. The summed E-state index contributed by atoms with van der Waals surface area (Å²) in [4.78, 5) is 8.67. The normalized spacial score (nSPS) is 14.1. The Morgan fingerprint density at radius 2 is 1.39 bits per heavy atom. The van der Waals surface area contributed by atoms with Crippen LogP contribution in [0.4, 0.5) is 11.4 Å². The van der Waals surface area contributed by atoms with Gasteiger partial charge in [0.05, 0.1) is 13.1 Å². The Morgan fingerprint density at radius 1 is 0.818 bits per heavy atom. The van der Waals surface area contributed by atoms with Crippen molar-refractivity contribution >= 4 is 11.4 Å². The number of anilines is 2. The van der Waals surface area contributed by atoms with Crippen molar-refractivity contribution in [2.24, 2.45) is 7.05 Å². The van der Waals surface area contributed by atoms with E-state index < -0.39 is 0 Å². The fourth-order valence-electron chi connectivity index (χ4n) is 4.43. The molecule has 0 unspecified atom stereocenters. The number of aryl methyl sites for hydroxylation is 1. The molecule has 4 aromatic rings. The second-order valence-electron chi connectivity index (χ2n) is 10.9. The van der Waals surface area contributed by atoms with Gasteiger partial charge in [0.2, 0.25) is 0 Å². The van der Waals surface area contributed by atoms with Gasteiger partial charge in [-0.15, -0.1) is 16.6 Å². The van der Waals surface area contributed by atoms with Gasteiger partial charge in [0.25, 0.3) is 0 Å². The minimum atomic E-state index is 0. The Labute approximate surface area is 275 Å². The third-order valence-electron chi connectivity index (χ3n) is 6.85. The first-order valence-corrected chi connectivity index (χ1v) is 14.7. The van der Waals surface area contributed by atoms with Crippen molar-refractivity contribution in [2.45, 2.75) is 52.6 Å². The molecule has 11 heteroatoms. The second-order valence-corrected chi connectivity index (χ2v) is 10.9. The Morgan fingerprint density at radius 3 is 1.82 bits per heavy atom. The van der Waals surface area contributed by atoms with E-state index in [2.05, 4.69) is 124 Å². The van der Waals surface area contributed by atoms with Gasteiger partial charge in [0.1, 0.15) is 0 Å². The van der Waals surface area contributed by atoms with Crippen LogP contribution in [0, 0.1) is 37.9 Å². The largest absolute Gasteiger partial charge is 0.508 e. The number of hydrogen-bond acceptors (Lipinski definition) is 7. The van der Waals surface area contributed by atoms with Gasteiger partial charge in [-0.2, -0.15) is 79.7 Å². The molecule has 235 valence electrons. The van der Waals surface area contributed by atoms with Gasteiger partial charge in [0, 0.05) is 31.4 Å². The minimum absolute atomic E-state index is 0. The van der Waals surface area contributed by atoms with Crippen molar-refractivity contribution in [2.75, 3.05) is 22.9 Å². The van der Waals surface area contributed by atoms with E-state index in [-0.39, 0.29) is 32.2 Å². The first-order valence-electron chi connectivity index (χ1n) is 14.7. The van der Waals surface area contributed by atoms with E-state index in [0.717, 1.165) is 43.0 Å². The number of rotatable bonds is 10. The Bertz CT molecular complexity index is 1410. The molecule has 4 heterocycles. The third-order valence-corrected chi connectivity index (χ3v) is 6.85. The van der Waals surface area contributed by atoms with Gasteiger partial charge in [-0.1, -0.05) is 11.9 Å². The van der Waals surface area contributed by atoms with Gasteiger partial charge in [-0.05, 0) is 78.4 Å². The van der Waals surface area contributed by atoms with Gasteiger partial charge >= 0.3 is 0 Å². The van der Waals surface area contributed by atoms with E-state index in [0.29, 0.717) is 5.69 Å². The van der Waals surface area contributed by atoms with Crippen molar-refractivity contribution in [1.82, 2.24) is 34.7 Å². The molecule has 0 fully saturated rings. The van der Waals surface area contributed by atoms with Crippen LogP contribution in [-0.4, -0.2) is 47.8 Å². The van der Waals surface area contributed by atoms with Crippen LogP contribution >= 0.6 is 0 Å². The van der Waals surface area contributed by atoms with Crippen molar-refractivity contribution in [3.05, 3.63) is 111 Å². The Balaban J connectivity index is 0.000000214. The summed E-state index contributed by atoms with van der Waals surface area (Å²) in [5, 5.41) is 12.4. The summed E-state index contributed by atoms with van der Waals surface area (Å²) in [5.41, 5.74) is 3.61. The van der Waals surface area contributed by atoms with Crippen molar-refractivity contribution < 1.29 is 24.8 Å². The van der Waals surface area contributed by atoms with Crippen LogP contribution in [0.1, 0.15) is 52.6 Å². The smallest absolute Gasteiger partial charge is 0.0961 e. The average molecular weight is 768 g/mol. The molecule has 0 bridgehead atoms.